The second kappa shape index (κ2) is 18.5. The number of aliphatic carboxylic acids is 2. The van der Waals surface area contributed by atoms with Crippen LogP contribution in [-0.2, 0) is 19.1 Å². The highest BCUT2D eigenvalue weighted by molar-refractivity contribution is 5.82. The van der Waals surface area contributed by atoms with Crippen LogP contribution < -0.4 is 0 Å². The van der Waals surface area contributed by atoms with Gasteiger partial charge in [0.25, 0.3) is 0 Å². The molecule has 0 aliphatic heterocycles. The highest BCUT2D eigenvalue weighted by Gasteiger charge is 2.24. The molecule has 0 heterocycles. The molecule has 2 N–H and O–H groups in total. The number of hydrogen-bond acceptors (Lipinski definition) is 4. The minimum atomic E-state index is -1.60. The Morgan fingerprint density at radius 2 is 1.29 bits per heavy atom. The van der Waals surface area contributed by atoms with Gasteiger partial charge in [-0.25, -0.2) is 4.79 Å². The van der Waals surface area contributed by atoms with Crippen LogP contribution >= 0.6 is 0 Å². The summed E-state index contributed by atoms with van der Waals surface area (Å²) in [5, 5.41) is 17.4. The summed E-state index contributed by atoms with van der Waals surface area (Å²) in [7, 11) is 0. The first kappa shape index (κ1) is 26.1. The fourth-order valence-corrected chi connectivity index (χ4v) is 2.90. The molecule has 0 aromatic carbocycles. The fourth-order valence-electron chi connectivity index (χ4n) is 2.90. The van der Waals surface area contributed by atoms with Gasteiger partial charge in [-0.2, -0.15) is 0 Å². The third-order valence-electron chi connectivity index (χ3n) is 4.55. The number of unbranched alkanes of at least 4 members (excludes halogenated alkanes) is 11. The molecule has 162 valence electrons. The molecule has 1 unspecified atom stereocenters. The molecule has 0 aromatic rings. The van der Waals surface area contributed by atoms with E-state index in [2.05, 4.69) is 19.1 Å². The van der Waals surface area contributed by atoms with Crippen LogP contribution in [0.1, 0.15) is 103 Å². The summed E-state index contributed by atoms with van der Waals surface area (Å²) in [6.07, 6.45) is 17.4. The Hall–Kier alpha value is -1.85. The summed E-state index contributed by atoms with van der Waals surface area (Å²) >= 11 is 0. The normalized spacial score (nSPS) is 12.2. The van der Waals surface area contributed by atoms with Crippen LogP contribution in [-0.4, -0.2) is 34.2 Å². The monoisotopic (exact) mass is 398 g/mol. The quantitative estimate of drug-likeness (QED) is 0.169. The molecular formula is C22H38O6. The van der Waals surface area contributed by atoms with Gasteiger partial charge in [0.05, 0.1) is 6.42 Å². The predicted molar refractivity (Wildman–Crippen MR) is 109 cm³/mol. The Labute approximate surface area is 169 Å². The van der Waals surface area contributed by atoms with Crippen molar-refractivity contribution < 1.29 is 29.3 Å². The van der Waals surface area contributed by atoms with E-state index in [4.69, 9.17) is 14.9 Å². The largest absolute Gasteiger partial charge is 0.481 e. The van der Waals surface area contributed by atoms with Gasteiger partial charge in [-0.1, -0.05) is 70.4 Å². The molecule has 0 radical (unpaired) electrons. The van der Waals surface area contributed by atoms with Gasteiger partial charge in [-0.3, -0.25) is 9.59 Å². The predicted octanol–water partition coefficient (Wildman–Crippen LogP) is 5.50. The fraction of sp³-hybridized carbons (Fsp3) is 0.773. The zero-order chi connectivity index (χ0) is 21.0. The summed E-state index contributed by atoms with van der Waals surface area (Å²) < 4.78 is 4.71. The number of ether oxygens (including phenoxy) is 1. The second-order valence-electron chi connectivity index (χ2n) is 7.25. The van der Waals surface area contributed by atoms with Crippen LogP contribution in [0.5, 0.6) is 0 Å². The Morgan fingerprint density at radius 3 is 1.79 bits per heavy atom. The van der Waals surface area contributed by atoms with Crippen molar-refractivity contribution in [3.8, 4) is 0 Å². The summed E-state index contributed by atoms with van der Waals surface area (Å²) in [5.41, 5.74) is 0. The lowest BCUT2D eigenvalue weighted by atomic mass is 10.1. The van der Waals surface area contributed by atoms with Crippen LogP contribution in [0.15, 0.2) is 12.2 Å². The van der Waals surface area contributed by atoms with Crippen LogP contribution in [0.4, 0.5) is 0 Å². The number of carboxylic acids is 2. The van der Waals surface area contributed by atoms with Crippen molar-refractivity contribution in [3.63, 3.8) is 0 Å². The van der Waals surface area contributed by atoms with E-state index >= 15 is 0 Å². The molecule has 1 atom stereocenters. The molecule has 28 heavy (non-hydrogen) atoms. The summed E-state index contributed by atoms with van der Waals surface area (Å²) in [4.78, 5) is 33.0. The number of hydrogen-bond donors (Lipinski definition) is 2. The van der Waals surface area contributed by atoms with Crippen LogP contribution in [0.2, 0.25) is 0 Å². The minimum absolute atomic E-state index is 0.127. The number of esters is 1. The zero-order valence-electron chi connectivity index (χ0n) is 17.4. The maximum Gasteiger partial charge on any atom is 0.345 e. The smallest absolute Gasteiger partial charge is 0.345 e. The number of carboxylic acid groups (broad SMARTS) is 2. The average molecular weight is 399 g/mol. The van der Waals surface area contributed by atoms with Gasteiger partial charge in [0.2, 0.25) is 6.10 Å². The van der Waals surface area contributed by atoms with E-state index in [9.17, 15) is 14.4 Å². The second-order valence-corrected chi connectivity index (χ2v) is 7.25. The minimum Gasteiger partial charge on any atom is -0.481 e. The van der Waals surface area contributed by atoms with E-state index in [1.807, 2.05) is 0 Å². The van der Waals surface area contributed by atoms with E-state index in [0.29, 0.717) is 6.42 Å². The number of carbonyl (C=O) groups excluding carboxylic acids is 1. The maximum atomic E-state index is 11.6. The third-order valence-corrected chi connectivity index (χ3v) is 4.55. The molecule has 6 nitrogen and oxygen atoms in total. The van der Waals surface area contributed by atoms with Crippen molar-refractivity contribution in [1.82, 2.24) is 0 Å². The number of rotatable bonds is 19. The average Bonchev–Trinajstić information content (AvgIpc) is 2.64. The summed E-state index contributed by atoms with van der Waals surface area (Å²) in [5.74, 6) is -3.38. The number of carbonyl (C=O) groups is 3. The summed E-state index contributed by atoms with van der Waals surface area (Å²) in [6.45, 7) is 2.23. The number of allylic oxidation sites excluding steroid dienone is 2. The topological polar surface area (TPSA) is 101 Å². The molecule has 0 bridgehead atoms. The first-order valence-electron chi connectivity index (χ1n) is 10.8. The van der Waals surface area contributed by atoms with Crippen molar-refractivity contribution in [2.75, 3.05) is 0 Å². The van der Waals surface area contributed by atoms with Crippen LogP contribution in [0.25, 0.3) is 0 Å². The van der Waals surface area contributed by atoms with Gasteiger partial charge >= 0.3 is 17.9 Å². The van der Waals surface area contributed by atoms with E-state index in [1.54, 1.807) is 0 Å². The van der Waals surface area contributed by atoms with Crippen LogP contribution in [0, 0.1) is 0 Å². The van der Waals surface area contributed by atoms with Gasteiger partial charge in [0, 0.05) is 6.42 Å². The van der Waals surface area contributed by atoms with E-state index in [-0.39, 0.29) is 6.42 Å². The van der Waals surface area contributed by atoms with Crippen molar-refractivity contribution in [2.24, 2.45) is 0 Å². The molecule has 0 amide bonds. The molecule has 0 aliphatic carbocycles. The third kappa shape index (κ3) is 17.6. The molecular weight excluding hydrogens is 360 g/mol. The van der Waals surface area contributed by atoms with Gasteiger partial charge in [-0.05, 0) is 32.1 Å². The highest BCUT2D eigenvalue weighted by atomic mass is 16.6. The van der Waals surface area contributed by atoms with E-state index in [0.717, 1.165) is 32.1 Å². The first-order chi connectivity index (χ1) is 13.5. The van der Waals surface area contributed by atoms with Gasteiger partial charge in [-0.15, -0.1) is 0 Å². The highest BCUT2D eigenvalue weighted by Crippen LogP contribution is 2.11. The molecule has 0 saturated heterocycles. The van der Waals surface area contributed by atoms with Gasteiger partial charge < -0.3 is 14.9 Å². The molecule has 0 fully saturated rings. The van der Waals surface area contributed by atoms with Gasteiger partial charge in [0.1, 0.15) is 0 Å². The SMILES string of the molecule is CCCCCCCCC=CCCCCCCCC(=O)OC(CC(=O)O)C(=O)O. The molecule has 0 aromatic heterocycles. The van der Waals surface area contributed by atoms with Crippen LogP contribution in [0.3, 0.4) is 0 Å². The molecule has 0 rings (SSSR count). The maximum absolute atomic E-state index is 11.6. The van der Waals surface area contributed by atoms with Crippen molar-refractivity contribution in [2.45, 2.75) is 109 Å². The lowest BCUT2D eigenvalue weighted by Crippen LogP contribution is -2.29. The van der Waals surface area contributed by atoms with E-state index < -0.39 is 30.4 Å². The molecule has 0 aliphatic rings. The Morgan fingerprint density at radius 1 is 0.786 bits per heavy atom. The zero-order valence-corrected chi connectivity index (χ0v) is 17.4. The molecule has 0 spiro atoms. The van der Waals surface area contributed by atoms with Gasteiger partial charge in [0.15, 0.2) is 0 Å². The Bertz CT molecular complexity index is 458. The summed E-state index contributed by atoms with van der Waals surface area (Å²) in [6, 6.07) is 0. The standard InChI is InChI=1S/C22H38O6/c1-2-3-4-5-6-7-8-9-10-11-12-13-14-15-16-17-21(25)28-19(22(26)27)18-20(23)24/h9-10,19H,2-8,11-18H2,1H3,(H,23,24)(H,26,27). The Balaban J connectivity index is 3.51. The molecule has 0 saturated carbocycles. The van der Waals surface area contributed by atoms with Crippen molar-refractivity contribution >= 4 is 17.9 Å². The first-order valence-corrected chi connectivity index (χ1v) is 10.8. The van der Waals surface area contributed by atoms with Crippen molar-refractivity contribution in [1.29, 1.82) is 0 Å². The van der Waals surface area contributed by atoms with E-state index in [1.165, 1.54) is 44.9 Å². The lowest BCUT2D eigenvalue weighted by Gasteiger charge is -2.11. The molecule has 6 heteroatoms. The Kier molecular flexibility index (Phi) is 17.3. The lowest BCUT2D eigenvalue weighted by molar-refractivity contribution is -0.167. The van der Waals surface area contributed by atoms with Crippen molar-refractivity contribution in [3.05, 3.63) is 12.2 Å².